The van der Waals surface area contributed by atoms with Crippen LogP contribution in [0.3, 0.4) is 0 Å². The Morgan fingerprint density at radius 2 is 2.32 bits per heavy atom. The molecule has 0 spiro atoms. The second-order valence-electron chi connectivity index (χ2n) is 3.47. The molecule has 9 nitrogen and oxygen atoms in total. The third-order valence-corrected chi connectivity index (χ3v) is 2.94. The topological polar surface area (TPSA) is 123 Å². The van der Waals surface area contributed by atoms with Crippen LogP contribution in [-0.2, 0) is 0 Å². The van der Waals surface area contributed by atoms with Gasteiger partial charge in [0, 0.05) is 6.54 Å². The maximum Gasteiger partial charge on any atom is 0.343 e. The summed E-state index contributed by atoms with van der Waals surface area (Å²) < 4.78 is 0. The molecular weight excluding hydrogens is 270 g/mol. The molecule has 2 rings (SSSR count). The number of rotatable bonds is 5. The summed E-state index contributed by atoms with van der Waals surface area (Å²) in [5.41, 5.74) is -0.170. The molecule has 0 unspecified atom stereocenters. The number of nitrogens with zero attached hydrogens (tertiary/aromatic N) is 5. The first-order valence-corrected chi connectivity index (χ1v) is 6.23. The van der Waals surface area contributed by atoms with Crippen molar-refractivity contribution in [2.75, 3.05) is 11.9 Å². The molecule has 0 bridgehead atoms. The van der Waals surface area contributed by atoms with Gasteiger partial charge in [-0.3, -0.25) is 15.2 Å². The fourth-order valence-corrected chi connectivity index (χ4v) is 2.17. The Labute approximate surface area is 112 Å². The van der Waals surface area contributed by atoms with Crippen molar-refractivity contribution in [3.8, 4) is 0 Å². The van der Waals surface area contributed by atoms with Crippen LogP contribution in [0, 0.1) is 17.0 Å². The minimum atomic E-state index is -0.514. The Bertz CT molecular complexity index is 600. The molecule has 19 heavy (non-hydrogen) atoms. The molecule has 0 radical (unpaired) electrons. The molecule has 0 aliphatic heterocycles. The van der Waals surface area contributed by atoms with E-state index >= 15 is 0 Å². The lowest BCUT2D eigenvalue weighted by molar-refractivity contribution is -0.387. The van der Waals surface area contributed by atoms with Crippen LogP contribution in [0.25, 0.3) is 0 Å². The molecule has 2 aromatic heterocycles. The number of hydrogen-bond donors (Lipinski definition) is 2. The van der Waals surface area contributed by atoms with Gasteiger partial charge in [-0.25, -0.2) is 15.0 Å². The molecule has 100 valence electrons. The van der Waals surface area contributed by atoms with Crippen LogP contribution >= 0.6 is 11.8 Å². The summed E-state index contributed by atoms with van der Waals surface area (Å²) in [4.78, 5) is 22.5. The van der Waals surface area contributed by atoms with E-state index in [2.05, 4.69) is 30.5 Å². The molecule has 2 heterocycles. The number of anilines is 1. The number of hydrogen-bond acceptors (Lipinski definition) is 8. The first-order chi connectivity index (χ1) is 9.11. The molecule has 2 N–H and O–H groups in total. The van der Waals surface area contributed by atoms with Crippen molar-refractivity contribution < 1.29 is 4.92 Å². The zero-order chi connectivity index (χ0) is 13.8. The lowest BCUT2D eigenvalue weighted by atomic mass is 10.5. The Morgan fingerprint density at radius 3 is 2.89 bits per heavy atom. The van der Waals surface area contributed by atoms with E-state index in [1.807, 2.05) is 6.92 Å². The molecular formula is C9H11N7O2S. The largest absolute Gasteiger partial charge is 0.364 e. The lowest BCUT2D eigenvalue weighted by Gasteiger charge is -2.04. The van der Waals surface area contributed by atoms with Crippen molar-refractivity contribution >= 4 is 23.3 Å². The number of aromatic nitrogens is 5. The summed E-state index contributed by atoms with van der Waals surface area (Å²) in [6.07, 6.45) is 1.27. The molecule has 10 heteroatoms. The van der Waals surface area contributed by atoms with E-state index in [1.165, 1.54) is 6.33 Å². The van der Waals surface area contributed by atoms with Crippen molar-refractivity contribution in [2.45, 2.75) is 24.0 Å². The molecule has 0 saturated heterocycles. The van der Waals surface area contributed by atoms with Crippen LogP contribution in [0.4, 0.5) is 11.5 Å². The number of aromatic amines is 1. The van der Waals surface area contributed by atoms with E-state index < -0.39 is 4.92 Å². The Morgan fingerprint density at radius 1 is 1.53 bits per heavy atom. The minimum absolute atomic E-state index is 0.170. The predicted molar refractivity (Wildman–Crippen MR) is 68.1 cm³/mol. The first kappa shape index (κ1) is 13.2. The zero-order valence-corrected chi connectivity index (χ0v) is 11.1. The molecule has 0 atom stereocenters. The van der Waals surface area contributed by atoms with E-state index in [0.717, 1.165) is 11.8 Å². The highest BCUT2D eigenvalue weighted by Gasteiger charge is 2.24. The van der Waals surface area contributed by atoms with Gasteiger partial charge < -0.3 is 5.32 Å². The normalized spacial score (nSPS) is 10.4. The monoisotopic (exact) mass is 281 g/mol. The maximum atomic E-state index is 11.1. The molecule has 0 amide bonds. The number of nitrogens with one attached hydrogen (secondary N) is 2. The highest BCUT2D eigenvalue weighted by atomic mass is 32.2. The Hall–Kier alpha value is -2.23. The quantitative estimate of drug-likeness (QED) is 0.479. The van der Waals surface area contributed by atoms with Gasteiger partial charge in [-0.05, 0) is 25.6 Å². The summed E-state index contributed by atoms with van der Waals surface area (Å²) in [7, 11) is 0. The van der Waals surface area contributed by atoms with Gasteiger partial charge in [0.1, 0.15) is 12.2 Å². The third kappa shape index (κ3) is 2.96. The van der Waals surface area contributed by atoms with E-state index in [0.29, 0.717) is 17.5 Å². The van der Waals surface area contributed by atoms with Crippen molar-refractivity contribution in [3.05, 3.63) is 22.3 Å². The lowest BCUT2D eigenvalue weighted by Crippen LogP contribution is -2.05. The highest BCUT2D eigenvalue weighted by molar-refractivity contribution is 7.99. The molecule has 0 aromatic carbocycles. The van der Waals surface area contributed by atoms with Crippen LogP contribution in [-0.4, -0.2) is 36.6 Å². The van der Waals surface area contributed by atoms with Gasteiger partial charge in [0.2, 0.25) is 11.0 Å². The fourth-order valence-electron chi connectivity index (χ4n) is 1.35. The van der Waals surface area contributed by atoms with Crippen LogP contribution < -0.4 is 5.32 Å². The van der Waals surface area contributed by atoms with Crippen molar-refractivity contribution in [3.63, 3.8) is 0 Å². The maximum absolute atomic E-state index is 11.1. The summed E-state index contributed by atoms with van der Waals surface area (Å²) in [5, 5.41) is 21.1. The summed E-state index contributed by atoms with van der Waals surface area (Å²) in [6, 6.07) is 0. The SMILES string of the molecule is CCNc1ncnc(Sc2n[nH]c(C)n2)c1[N+](=O)[O-]. The summed E-state index contributed by atoms with van der Waals surface area (Å²) >= 11 is 1.02. The molecule has 0 fully saturated rings. The first-order valence-electron chi connectivity index (χ1n) is 5.42. The second kappa shape index (κ2) is 5.61. The number of aryl methyl sites for hydroxylation is 1. The highest BCUT2D eigenvalue weighted by Crippen LogP contribution is 2.34. The number of H-pyrrole nitrogens is 1. The van der Waals surface area contributed by atoms with Gasteiger partial charge in [-0.2, -0.15) is 0 Å². The van der Waals surface area contributed by atoms with Crippen molar-refractivity contribution in [1.82, 2.24) is 25.1 Å². The van der Waals surface area contributed by atoms with Gasteiger partial charge in [0.15, 0.2) is 5.03 Å². The van der Waals surface area contributed by atoms with E-state index in [1.54, 1.807) is 6.92 Å². The predicted octanol–water partition coefficient (Wildman–Crippen LogP) is 1.39. The smallest absolute Gasteiger partial charge is 0.343 e. The molecule has 0 aliphatic rings. The van der Waals surface area contributed by atoms with Gasteiger partial charge in [0.25, 0.3) is 0 Å². The van der Waals surface area contributed by atoms with Crippen molar-refractivity contribution in [1.29, 1.82) is 0 Å². The average Bonchev–Trinajstić information content (AvgIpc) is 2.75. The standard InChI is InChI=1S/C9H11N7O2S/c1-3-10-7-6(16(17)18)8(12-4-11-7)19-9-13-5(2)14-15-9/h4H,3H2,1-2H3,(H,10,11,12)(H,13,14,15). The van der Waals surface area contributed by atoms with E-state index in [9.17, 15) is 10.1 Å². The van der Waals surface area contributed by atoms with Crippen molar-refractivity contribution in [2.24, 2.45) is 0 Å². The molecule has 0 aliphatic carbocycles. The van der Waals surface area contributed by atoms with Crippen LogP contribution in [0.2, 0.25) is 0 Å². The molecule has 2 aromatic rings. The van der Waals surface area contributed by atoms with E-state index in [-0.39, 0.29) is 16.5 Å². The Balaban J connectivity index is 2.38. The average molecular weight is 281 g/mol. The van der Waals surface area contributed by atoms with Gasteiger partial charge in [0.05, 0.1) is 4.92 Å². The van der Waals surface area contributed by atoms with Crippen LogP contribution in [0.5, 0.6) is 0 Å². The zero-order valence-electron chi connectivity index (χ0n) is 10.2. The summed E-state index contributed by atoms with van der Waals surface area (Å²) in [6.45, 7) is 4.11. The van der Waals surface area contributed by atoms with Gasteiger partial charge >= 0.3 is 5.69 Å². The van der Waals surface area contributed by atoms with Crippen LogP contribution in [0.1, 0.15) is 12.7 Å². The van der Waals surface area contributed by atoms with E-state index in [4.69, 9.17) is 0 Å². The minimum Gasteiger partial charge on any atom is -0.364 e. The fraction of sp³-hybridized carbons (Fsp3) is 0.333. The second-order valence-corrected chi connectivity index (χ2v) is 4.42. The third-order valence-electron chi connectivity index (χ3n) is 2.08. The van der Waals surface area contributed by atoms with Crippen LogP contribution in [0.15, 0.2) is 16.5 Å². The van der Waals surface area contributed by atoms with Gasteiger partial charge in [-0.15, -0.1) is 5.10 Å². The van der Waals surface area contributed by atoms with Gasteiger partial charge in [-0.1, -0.05) is 0 Å². The number of nitro groups is 1. The molecule has 0 saturated carbocycles. The Kier molecular flexibility index (Phi) is 3.90. The summed E-state index contributed by atoms with van der Waals surface area (Å²) in [5.74, 6) is 0.823.